The molecule has 3 amide bonds. The SMILES string of the molecule is CCOC(=O)c1cnccc1CN1C(=O)N(c2ccc(SC(F)(F)F)cc2)C(=O)C1(C)C. The van der Waals surface area contributed by atoms with Crippen molar-refractivity contribution in [3.8, 4) is 0 Å². The van der Waals surface area contributed by atoms with E-state index >= 15 is 0 Å². The molecule has 0 saturated carbocycles. The van der Waals surface area contributed by atoms with Crippen molar-refractivity contribution in [1.29, 1.82) is 0 Å². The number of benzene rings is 1. The monoisotopic (exact) mass is 467 g/mol. The van der Waals surface area contributed by atoms with Gasteiger partial charge in [0.2, 0.25) is 0 Å². The van der Waals surface area contributed by atoms with E-state index in [1.807, 2.05) is 0 Å². The second kappa shape index (κ2) is 8.81. The number of aromatic nitrogens is 1. The van der Waals surface area contributed by atoms with Crippen molar-refractivity contribution in [1.82, 2.24) is 9.88 Å². The Morgan fingerprint density at radius 1 is 1.16 bits per heavy atom. The second-order valence-electron chi connectivity index (χ2n) is 7.36. The van der Waals surface area contributed by atoms with Gasteiger partial charge >= 0.3 is 17.5 Å². The fourth-order valence-corrected chi connectivity index (χ4v) is 3.79. The second-order valence-corrected chi connectivity index (χ2v) is 8.50. The Kier molecular flexibility index (Phi) is 6.49. The van der Waals surface area contributed by atoms with Crippen LogP contribution in [-0.2, 0) is 16.1 Å². The summed E-state index contributed by atoms with van der Waals surface area (Å²) in [7, 11) is 0. The Morgan fingerprint density at radius 3 is 2.41 bits per heavy atom. The van der Waals surface area contributed by atoms with Gasteiger partial charge in [-0.25, -0.2) is 14.5 Å². The minimum atomic E-state index is -4.44. The molecule has 0 spiro atoms. The van der Waals surface area contributed by atoms with Gasteiger partial charge in [-0.1, -0.05) is 0 Å². The summed E-state index contributed by atoms with van der Waals surface area (Å²) in [6, 6.07) is 5.89. The summed E-state index contributed by atoms with van der Waals surface area (Å²) in [5.74, 6) is -1.13. The van der Waals surface area contributed by atoms with Gasteiger partial charge in [0.05, 0.1) is 17.9 Å². The lowest BCUT2D eigenvalue weighted by Gasteiger charge is -2.28. The van der Waals surface area contributed by atoms with Gasteiger partial charge in [-0.15, -0.1) is 0 Å². The first-order chi connectivity index (χ1) is 15.0. The van der Waals surface area contributed by atoms with Crippen LogP contribution in [0, 0.1) is 0 Å². The number of esters is 1. The summed E-state index contributed by atoms with van der Waals surface area (Å²) < 4.78 is 42.7. The largest absolute Gasteiger partial charge is 0.462 e. The molecule has 0 aliphatic carbocycles. The van der Waals surface area contributed by atoms with Crippen molar-refractivity contribution < 1.29 is 32.3 Å². The van der Waals surface area contributed by atoms with Gasteiger partial charge in [0.15, 0.2) is 0 Å². The highest BCUT2D eigenvalue weighted by atomic mass is 32.2. The third kappa shape index (κ3) is 4.72. The molecule has 7 nitrogen and oxygen atoms in total. The highest BCUT2D eigenvalue weighted by Gasteiger charge is 2.52. The Bertz CT molecular complexity index is 1040. The molecular weight excluding hydrogens is 447 g/mol. The van der Waals surface area contributed by atoms with Crippen LogP contribution in [0.25, 0.3) is 0 Å². The van der Waals surface area contributed by atoms with Gasteiger partial charge in [-0.2, -0.15) is 13.2 Å². The van der Waals surface area contributed by atoms with E-state index < -0.39 is 29.0 Å². The average Bonchev–Trinajstić information content (AvgIpc) is 2.88. The third-order valence-electron chi connectivity index (χ3n) is 4.89. The number of carbonyl (C=O) groups excluding carboxylic acids is 3. The fourth-order valence-electron chi connectivity index (χ4n) is 3.25. The van der Waals surface area contributed by atoms with Crippen molar-refractivity contribution in [2.45, 2.75) is 43.3 Å². The molecule has 3 rings (SSSR count). The summed E-state index contributed by atoms with van der Waals surface area (Å²) >= 11 is -0.285. The minimum absolute atomic E-state index is 0.0627. The molecule has 0 atom stereocenters. The van der Waals surface area contributed by atoms with Crippen LogP contribution >= 0.6 is 11.8 Å². The summed E-state index contributed by atoms with van der Waals surface area (Å²) in [6.45, 7) is 4.89. The van der Waals surface area contributed by atoms with E-state index in [-0.39, 0.29) is 41.1 Å². The van der Waals surface area contributed by atoms with Crippen molar-refractivity contribution in [3.05, 3.63) is 53.9 Å². The van der Waals surface area contributed by atoms with Gasteiger partial charge in [-0.05, 0) is 68.4 Å². The molecule has 2 heterocycles. The molecule has 11 heteroatoms. The molecule has 1 aliphatic rings. The van der Waals surface area contributed by atoms with Crippen LogP contribution in [0.5, 0.6) is 0 Å². The molecule has 1 aliphatic heterocycles. The normalized spacial score (nSPS) is 15.9. The zero-order valence-corrected chi connectivity index (χ0v) is 18.3. The molecule has 1 saturated heterocycles. The van der Waals surface area contributed by atoms with E-state index in [1.165, 1.54) is 41.6 Å². The number of amides is 3. The summed E-state index contributed by atoms with van der Waals surface area (Å²) in [6.07, 6.45) is 2.79. The van der Waals surface area contributed by atoms with Crippen LogP contribution in [0.1, 0.15) is 36.7 Å². The van der Waals surface area contributed by atoms with E-state index in [4.69, 9.17) is 4.74 Å². The van der Waals surface area contributed by atoms with E-state index in [0.29, 0.717) is 5.56 Å². The lowest BCUT2D eigenvalue weighted by Crippen LogP contribution is -2.44. The number of thioether (sulfide) groups is 1. The maximum Gasteiger partial charge on any atom is 0.446 e. The first-order valence-corrected chi connectivity index (χ1v) is 10.4. The number of pyridine rings is 1. The number of anilines is 1. The molecule has 0 N–H and O–H groups in total. The van der Waals surface area contributed by atoms with Crippen LogP contribution in [0.15, 0.2) is 47.6 Å². The number of imide groups is 1. The van der Waals surface area contributed by atoms with Crippen LogP contribution < -0.4 is 4.90 Å². The first-order valence-electron chi connectivity index (χ1n) is 9.57. The summed E-state index contributed by atoms with van der Waals surface area (Å²) in [5.41, 5.74) is -4.92. The number of hydrogen-bond acceptors (Lipinski definition) is 6. The van der Waals surface area contributed by atoms with Gasteiger partial charge in [0.1, 0.15) is 5.54 Å². The quantitative estimate of drug-likeness (QED) is 0.351. The van der Waals surface area contributed by atoms with Crippen molar-refractivity contribution in [2.75, 3.05) is 11.5 Å². The standard InChI is InChI=1S/C21H20F3N3O4S/c1-4-31-17(28)16-11-25-10-9-13(16)12-26-19(30)27(18(29)20(26,2)3)14-5-7-15(8-6-14)32-21(22,23)24/h5-11H,4,12H2,1-3H3. The van der Waals surface area contributed by atoms with Crippen LogP contribution in [0.2, 0.25) is 0 Å². The first kappa shape index (κ1) is 23.6. The molecule has 0 radical (unpaired) electrons. The van der Waals surface area contributed by atoms with Gasteiger partial charge in [0, 0.05) is 23.8 Å². The summed E-state index contributed by atoms with van der Waals surface area (Å²) in [5, 5.41) is 0. The average molecular weight is 467 g/mol. The van der Waals surface area contributed by atoms with Crippen LogP contribution in [0.4, 0.5) is 23.7 Å². The molecule has 1 aromatic carbocycles. The van der Waals surface area contributed by atoms with Crippen molar-refractivity contribution in [2.24, 2.45) is 0 Å². The predicted octanol–water partition coefficient (Wildman–Crippen LogP) is 4.62. The highest BCUT2D eigenvalue weighted by molar-refractivity contribution is 8.00. The topological polar surface area (TPSA) is 79.8 Å². The van der Waals surface area contributed by atoms with Crippen LogP contribution in [0.3, 0.4) is 0 Å². The molecule has 0 unspecified atom stereocenters. The number of rotatable bonds is 6. The Labute approximate surface area is 186 Å². The minimum Gasteiger partial charge on any atom is -0.462 e. The van der Waals surface area contributed by atoms with E-state index in [2.05, 4.69) is 4.98 Å². The van der Waals surface area contributed by atoms with Gasteiger partial charge < -0.3 is 9.64 Å². The lowest BCUT2D eigenvalue weighted by molar-refractivity contribution is -0.123. The van der Waals surface area contributed by atoms with Crippen molar-refractivity contribution >= 4 is 35.4 Å². The number of nitrogens with zero attached hydrogens (tertiary/aromatic N) is 3. The predicted molar refractivity (Wildman–Crippen MR) is 111 cm³/mol. The molecule has 1 fully saturated rings. The molecular formula is C21H20F3N3O4S. The number of ether oxygens (including phenoxy) is 1. The zero-order chi connectivity index (χ0) is 23.7. The maximum atomic E-state index is 13.2. The van der Waals surface area contributed by atoms with Gasteiger partial charge in [0.25, 0.3) is 5.91 Å². The Hall–Kier alpha value is -3.08. The van der Waals surface area contributed by atoms with E-state index in [1.54, 1.807) is 26.8 Å². The summed E-state index contributed by atoms with van der Waals surface area (Å²) in [4.78, 5) is 44.5. The number of halogens is 3. The molecule has 2 aromatic rings. The van der Waals surface area contributed by atoms with Crippen LogP contribution in [-0.4, -0.2) is 45.4 Å². The molecule has 170 valence electrons. The van der Waals surface area contributed by atoms with E-state index in [9.17, 15) is 27.6 Å². The van der Waals surface area contributed by atoms with Gasteiger partial charge in [-0.3, -0.25) is 9.78 Å². The number of carbonyl (C=O) groups is 3. The number of urea groups is 1. The Morgan fingerprint density at radius 2 is 1.81 bits per heavy atom. The van der Waals surface area contributed by atoms with E-state index in [0.717, 1.165) is 4.90 Å². The van der Waals surface area contributed by atoms with Crippen molar-refractivity contribution in [3.63, 3.8) is 0 Å². The molecule has 32 heavy (non-hydrogen) atoms. The number of alkyl halides is 3. The third-order valence-corrected chi connectivity index (χ3v) is 5.63. The highest BCUT2D eigenvalue weighted by Crippen LogP contribution is 2.39. The Balaban J connectivity index is 1.89. The number of hydrogen-bond donors (Lipinski definition) is 0. The fraction of sp³-hybridized carbons (Fsp3) is 0.333. The maximum absolute atomic E-state index is 13.2. The molecule has 0 bridgehead atoms. The zero-order valence-electron chi connectivity index (χ0n) is 17.5. The smallest absolute Gasteiger partial charge is 0.446 e. The lowest BCUT2D eigenvalue weighted by atomic mass is 10.0. The molecule has 1 aromatic heterocycles.